The average molecular weight is 278 g/mol. The Kier molecular flexibility index (Phi) is 8.75. The van der Waals surface area contributed by atoms with E-state index < -0.39 is 0 Å². The van der Waals surface area contributed by atoms with Crippen LogP contribution in [0.4, 0.5) is 0 Å². The second kappa shape index (κ2) is 9.16. The van der Waals surface area contributed by atoms with E-state index in [0.717, 1.165) is 12.8 Å². The maximum Gasteiger partial charge on any atom is 0.239 e. The van der Waals surface area contributed by atoms with Crippen LogP contribution in [0.15, 0.2) is 0 Å². The number of halogens is 1. The van der Waals surface area contributed by atoms with Crippen LogP contribution < -0.4 is 16.4 Å². The van der Waals surface area contributed by atoms with Crippen LogP contribution in [0.25, 0.3) is 0 Å². The minimum absolute atomic E-state index is 0. The molecule has 0 heterocycles. The summed E-state index contributed by atoms with van der Waals surface area (Å²) in [6.45, 7) is 1.91. The first kappa shape index (κ1) is 17.2. The van der Waals surface area contributed by atoms with Gasteiger partial charge in [0.25, 0.3) is 0 Å². The molecule has 1 aliphatic carbocycles. The van der Waals surface area contributed by atoms with Crippen molar-refractivity contribution in [1.29, 1.82) is 0 Å². The molecule has 5 nitrogen and oxygen atoms in total. The Balaban J connectivity index is 0.00000289. The number of nitrogens with two attached hydrogens (primary N) is 1. The summed E-state index contributed by atoms with van der Waals surface area (Å²) < 4.78 is 0. The third kappa shape index (κ3) is 6.21. The average Bonchev–Trinajstić information content (AvgIpc) is 2.34. The van der Waals surface area contributed by atoms with E-state index in [9.17, 15) is 9.59 Å². The molecule has 0 aromatic heterocycles. The monoisotopic (exact) mass is 277 g/mol. The van der Waals surface area contributed by atoms with Crippen molar-refractivity contribution in [3.63, 3.8) is 0 Å². The number of nitrogens with one attached hydrogen (secondary N) is 2. The second-order valence-corrected chi connectivity index (χ2v) is 4.72. The van der Waals surface area contributed by atoms with E-state index in [4.69, 9.17) is 5.73 Å². The Bertz CT molecular complexity index is 268. The van der Waals surface area contributed by atoms with Gasteiger partial charge in [0.15, 0.2) is 0 Å². The summed E-state index contributed by atoms with van der Waals surface area (Å²) in [6.07, 6.45) is 6.02. The van der Waals surface area contributed by atoms with Gasteiger partial charge in [0.05, 0.1) is 6.54 Å². The van der Waals surface area contributed by atoms with Crippen molar-refractivity contribution in [1.82, 2.24) is 10.6 Å². The highest BCUT2D eigenvalue weighted by atomic mass is 35.5. The fraction of sp³-hybridized carbons (Fsp3) is 0.833. The number of hydrogen-bond acceptors (Lipinski definition) is 3. The van der Waals surface area contributed by atoms with Crippen molar-refractivity contribution < 1.29 is 9.59 Å². The standard InChI is InChI=1S/C12H23N3O2.ClH/c1-9(16)14-8-12(17)15-11(7-13)10-5-3-2-4-6-10;/h10-11H,2-8,13H2,1H3,(H,14,16)(H,15,17);1H. The Morgan fingerprint density at radius 2 is 1.89 bits per heavy atom. The second-order valence-electron chi connectivity index (χ2n) is 4.72. The van der Waals surface area contributed by atoms with Crippen molar-refractivity contribution in [3.05, 3.63) is 0 Å². The van der Waals surface area contributed by atoms with Crippen LogP contribution in [-0.4, -0.2) is 30.9 Å². The van der Waals surface area contributed by atoms with E-state index in [1.54, 1.807) is 0 Å². The third-order valence-corrected chi connectivity index (χ3v) is 3.32. The lowest BCUT2D eigenvalue weighted by atomic mass is 9.84. The highest BCUT2D eigenvalue weighted by Gasteiger charge is 2.23. The maximum absolute atomic E-state index is 11.6. The fourth-order valence-corrected chi connectivity index (χ4v) is 2.37. The molecule has 0 aromatic rings. The Morgan fingerprint density at radius 1 is 1.28 bits per heavy atom. The molecule has 6 heteroatoms. The number of rotatable bonds is 5. The van der Waals surface area contributed by atoms with Crippen LogP contribution in [0, 0.1) is 5.92 Å². The van der Waals surface area contributed by atoms with E-state index in [-0.39, 0.29) is 36.8 Å². The molecule has 1 aliphatic rings. The Labute approximate surface area is 115 Å². The van der Waals surface area contributed by atoms with Gasteiger partial charge in [0.1, 0.15) is 0 Å². The van der Waals surface area contributed by atoms with Gasteiger partial charge in [-0.25, -0.2) is 0 Å². The predicted octanol–water partition coefficient (Wildman–Crippen LogP) is 0.568. The zero-order valence-corrected chi connectivity index (χ0v) is 11.7. The Hall–Kier alpha value is -0.810. The number of hydrogen-bond donors (Lipinski definition) is 3. The molecule has 4 N–H and O–H groups in total. The molecule has 0 saturated heterocycles. The van der Waals surface area contributed by atoms with E-state index in [2.05, 4.69) is 10.6 Å². The molecular weight excluding hydrogens is 254 g/mol. The first-order valence-corrected chi connectivity index (χ1v) is 6.37. The van der Waals surface area contributed by atoms with Gasteiger partial charge in [0, 0.05) is 19.5 Å². The molecule has 0 aromatic carbocycles. The molecule has 18 heavy (non-hydrogen) atoms. The van der Waals surface area contributed by atoms with E-state index in [1.165, 1.54) is 26.2 Å². The van der Waals surface area contributed by atoms with Gasteiger partial charge in [-0.15, -0.1) is 12.4 Å². The van der Waals surface area contributed by atoms with Crippen LogP contribution in [0.3, 0.4) is 0 Å². The molecule has 1 atom stereocenters. The van der Waals surface area contributed by atoms with E-state index in [1.807, 2.05) is 0 Å². The van der Waals surface area contributed by atoms with Gasteiger partial charge < -0.3 is 16.4 Å². The molecule has 1 fully saturated rings. The Morgan fingerprint density at radius 3 is 2.39 bits per heavy atom. The zero-order chi connectivity index (χ0) is 12.7. The largest absolute Gasteiger partial charge is 0.350 e. The predicted molar refractivity (Wildman–Crippen MR) is 73.5 cm³/mol. The van der Waals surface area contributed by atoms with Gasteiger partial charge >= 0.3 is 0 Å². The molecule has 106 valence electrons. The molecule has 0 spiro atoms. The van der Waals surface area contributed by atoms with Gasteiger partial charge in [-0.3, -0.25) is 9.59 Å². The van der Waals surface area contributed by atoms with Crippen LogP contribution in [0.2, 0.25) is 0 Å². The minimum atomic E-state index is -0.192. The molecule has 0 bridgehead atoms. The van der Waals surface area contributed by atoms with Gasteiger partial charge in [0.2, 0.25) is 11.8 Å². The topological polar surface area (TPSA) is 84.2 Å². The van der Waals surface area contributed by atoms with Gasteiger partial charge in [-0.05, 0) is 18.8 Å². The highest BCUT2D eigenvalue weighted by molar-refractivity contribution is 5.85. The fourth-order valence-electron chi connectivity index (χ4n) is 2.37. The summed E-state index contributed by atoms with van der Waals surface area (Å²) in [4.78, 5) is 22.3. The van der Waals surface area contributed by atoms with E-state index in [0.29, 0.717) is 12.5 Å². The van der Waals surface area contributed by atoms with Crippen LogP contribution in [0.5, 0.6) is 0 Å². The molecule has 1 rings (SSSR count). The lowest BCUT2D eigenvalue weighted by Crippen LogP contribution is -2.48. The minimum Gasteiger partial charge on any atom is -0.350 e. The number of amides is 2. The van der Waals surface area contributed by atoms with Crippen molar-refractivity contribution >= 4 is 24.2 Å². The molecule has 1 unspecified atom stereocenters. The lowest BCUT2D eigenvalue weighted by Gasteiger charge is -2.30. The SMILES string of the molecule is CC(=O)NCC(=O)NC(CN)C1CCCCC1.Cl. The summed E-state index contributed by atoms with van der Waals surface area (Å²) in [6, 6.07) is 0.0524. The molecule has 0 aliphatic heterocycles. The summed E-state index contributed by atoms with van der Waals surface area (Å²) in [7, 11) is 0. The van der Waals surface area contributed by atoms with Gasteiger partial charge in [-0.2, -0.15) is 0 Å². The van der Waals surface area contributed by atoms with Crippen LogP contribution >= 0.6 is 12.4 Å². The molecule has 0 radical (unpaired) electrons. The zero-order valence-electron chi connectivity index (χ0n) is 10.9. The smallest absolute Gasteiger partial charge is 0.239 e. The van der Waals surface area contributed by atoms with Crippen molar-refractivity contribution in [3.8, 4) is 0 Å². The van der Waals surface area contributed by atoms with Crippen molar-refractivity contribution in [2.24, 2.45) is 11.7 Å². The van der Waals surface area contributed by atoms with Gasteiger partial charge in [-0.1, -0.05) is 19.3 Å². The molecule has 1 saturated carbocycles. The summed E-state index contributed by atoms with van der Waals surface area (Å²) in [5.41, 5.74) is 5.71. The van der Waals surface area contributed by atoms with Crippen LogP contribution in [-0.2, 0) is 9.59 Å². The first-order valence-electron chi connectivity index (χ1n) is 6.37. The first-order chi connectivity index (χ1) is 8.13. The molecular formula is C12H24ClN3O2. The normalized spacial score (nSPS) is 17.4. The van der Waals surface area contributed by atoms with Crippen molar-refractivity contribution in [2.45, 2.75) is 45.1 Å². The summed E-state index contributed by atoms with van der Waals surface area (Å²) in [5.74, 6) is 0.151. The van der Waals surface area contributed by atoms with Crippen molar-refractivity contribution in [2.75, 3.05) is 13.1 Å². The maximum atomic E-state index is 11.6. The highest BCUT2D eigenvalue weighted by Crippen LogP contribution is 2.26. The third-order valence-electron chi connectivity index (χ3n) is 3.32. The van der Waals surface area contributed by atoms with Crippen LogP contribution in [0.1, 0.15) is 39.0 Å². The molecule has 2 amide bonds. The summed E-state index contributed by atoms with van der Waals surface area (Å²) in [5, 5.41) is 5.40. The number of carbonyl (C=O) groups excluding carboxylic acids is 2. The quantitative estimate of drug-likeness (QED) is 0.687. The number of carbonyl (C=O) groups is 2. The lowest BCUT2D eigenvalue weighted by molar-refractivity contribution is -0.125. The van der Waals surface area contributed by atoms with E-state index >= 15 is 0 Å². The summed E-state index contributed by atoms with van der Waals surface area (Å²) >= 11 is 0.